The van der Waals surface area contributed by atoms with E-state index in [2.05, 4.69) is 65.6 Å². The maximum absolute atomic E-state index is 2.64. The van der Waals surface area contributed by atoms with Crippen LogP contribution >= 0.6 is 0 Å². The Bertz CT molecular complexity index is 475. The molecule has 0 atom stereocenters. The van der Waals surface area contributed by atoms with E-state index in [9.17, 15) is 0 Å². The second-order valence-electron chi connectivity index (χ2n) is 6.54. The highest BCUT2D eigenvalue weighted by Crippen LogP contribution is 2.22. The summed E-state index contributed by atoms with van der Waals surface area (Å²) in [4.78, 5) is 2.64. The van der Waals surface area contributed by atoms with E-state index in [1.54, 1.807) is 0 Å². The lowest BCUT2D eigenvalue weighted by atomic mass is 9.90. The van der Waals surface area contributed by atoms with Gasteiger partial charge in [-0.25, -0.2) is 0 Å². The summed E-state index contributed by atoms with van der Waals surface area (Å²) < 4.78 is 0. The third-order valence-electron chi connectivity index (χ3n) is 4.95. The summed E-state index contributed by atoms with van der Waals surface area (Å²) in [6.07, 6.45) is 6.55. The van der Waals surface area contributed by atoms with Gasteiger partial charge in [0, 0.05) is 6.54 Å². The number of rotatable bonds is 6. The minimum atomic E-state index is 0.924. The predicted octanol–water partition coefficient (Wildman–Crippen LogP) is 4.57. The average molecular weight is 293 g/mol. The first-order valence-electron chi connectivity index (χ1n) is 8.70. The Kier molecular flexibility index (Phi) is 5.66. The second kappa shape index (κ2) is 8.14. The maximum atomic E-state index is 2.64. The van der Waals surface area contributed by atoms with Crippen LogP contribution < -0.4 is 0 Å². The molecule has 2 aromatic rings. The van der Waals surface area contributed by atoms with Gasteiger partial charge in [-0.2, -0.15) is 0 Å². The molecule has 1 aliphatic rings. The van der Waals surface area contributed by atoms with Crippen molar-refractivity contribution in [2.75, 3.05) is 19.6 Å². The highest BCUT2D eigenvalue weighted by molar-refractivity contribution is 5.15. The lowest BCUT2D eigenvalue weighted by molar-refractivity contribution is 0.181. The molecule has 1 heterocycles. The van der Waals surface area contributed by atoms with Crippen LogP contribution in [0.1, 0.15) is 30.4 Å². The first kappa shape index (κ1) is 15.3. The maximum Gasteiger partial charge on any atom is 0.00218 e. The molecule has 0 aromatic heterocycles. The molecule has 1 saturated heterocycles. The van der Waals surface area contributed by atoms with Gasteiger partial charge in [0.15, 0.2) is 0 Å². The normalized spacial score (nSPS) is 16.7. The molecule has 0 bridgehead atoms. The van der Waals surface area contributed by atoms with Crippen molar-refractivity contribution in [1.82, 2.24) is 4.90 Å². The number of aryl methyl sites for hydroxylation is 1. The molecule has 116 valence electrons. The standard InChI is InChI=1S/C21H27N/c1-3-7-19(8-4-1)11-12-21-14-17-22(18-15-21)16-13-20-9-5-2-6-10-20/h1-10,21H,11-18H2. The van der Waals surface area contributed by atoms with Crippen molar-refractivity contribution in [1.29, 1.82) is 0 Å². The quantitative estimate of drug-likeness (QED) is 0.754. The Labute approximate surface area is 135 Å². The molecule has 0 aliphatic carbocycles. The Hall–Kier alpha value is -1.60. The molecule has 0 spiro atoms. The Morgan fingerprint density at radius 1 is 0.727 bits per heavy atom. The van der Waals surface area contributed by atoms with Gasteiger partial charge in [-0.15, -0.1) is 0 Å². The first-order valence-corrected chi connectivity index (χ1v) is 8.70. The van der Waals surface area contributed by atoms with Crippen LogP contribution in [0.25, 0.3) is 0 Å². The summed E-state index contributed by atoms with van der Waals surface area (Å²) >= 11 is 0. The molecular formula is C21H27N. The first-order chi connectivity index (χ1) is 10.9. The second-order valence-corrected chi connectivity index (χ2v) is 6.54. The van der Waals surface area contributed by atoms with E-state index in [1.807, 2.05) is 0 Å². The largest absolute Gasteiger partial charge is 0.303 e. The topological polar surface area (TPSA) is 3.24 Å². The van der Waals surface area contributed by atoms with Crippen LogP contribution in [-0.2, 0) is 12.8 Å². The fourth-order valence-electron chi connectivity index (χ4n) is 3.45. The smallest absolute Gasteiger partial charge is 0.00218 e. The van der Waals surface area contributed by atoms with Gasteiger partial charge in [-0.3, -0.25) is 0 Å². The van der Waals surface area contributed by atoms with E-state index in [4.69, 9.17) is 0 Å². The number of benzene rings is 2. The molecule has 0 radical (unpaired) electrons. The number of hydrogen-bond acceptors (Lipinski definition) is 1. The van der Waals surface area contributed by atoms with E-state index < -0.39 is 0 Å². The van der Waals surface area contributed by atoms with Crippen molar-refractivity contribution in [2.45, 2.75) is 32.1 Å². The zero-order chi connectivity index (χ0) is 15.0. The minimum Gasteiger partial charge on any atom is -0.303 e. The summed E-state index contributed by atoms with van der Waals surface area (Å²) in [5, 5.41) is 0. The van der Waals surface area contributed by atoms with Crippen molar-refractivity contribution in [3.63, 3.8) is 0 Å². The molecule has 2 aromatic carbocycles. The summed E-state index contributed by atoms with van der Waals surface area (Å²) in [7, 11) is 0. The van der Waals surface area contributed by atoms with Gasteiger partial charge < -0.3 is 4.90 Å². The van der Waals surface area contributed by atoms with E-state index in [1.165, 1.54) is 62.9 Å². The zero-order valence-corrected chi connectivity index (χ0v) is 13.5. The molecule has 0 N–H and O–H groups in total. The van der Waals surface area contributed by atoms with Crippen molar-refractivity contribution >= 4 is 0 Å². The van der Waals surface area contributed by atoms with Crippen molar-refractivity contribution < 1.29 is 0 Å². The number of likely N-dealkylation sites (tertiary alicyclic amines) is 1. The summed E-state index contributed by atoms with van der Waals surface area (Å²) in [5.74, 6) is 0.924. The fraction of sp³-hybridized carbons (Fsp3) is 0.429. The van der Waals surface area contributed by atoms with Gasteiger partial charge in [0.25, 0.3) is 0 Å². The van der Waals surface area contributed by atoms with Crippen LogP contribution in [-0.4, -0.2) is 24.5 Å². The number of hydrogen-bond donors (Lipinski definition) is 0. The van der Waals surface area contributed by atoms with Crippen LogP contribution in [0.15, 0.2) is 60.7 Å². The average Bonchev–Trinajstić information content (AvgIpc) is 2.61. The molecule has 1 aliphatic heterocycles. The molecule has 3 rings (SSSR count). The highest BCUT2D eigenvalue weighted by atomic mass is 15.1. The van der Waals surface area contributed by atoms with Crippen molar-refractivity contribution in [2.24, 2.45) is 5.92 Å². The summed E-state index contributed by atoms with van der Waals surface area (Å²) in [6, 6.07) is 21.8. The third kappa shape index (κ3) is 4.71. The predicted molar refractivity (Wildman–Crippen MR) is 94.1 cm³/mol. The number of piperidine rings is 1. The lowest BCUT2D eigenvalue weighted by Crippen LogP contribution is -2.35. The van der Waals surface area contributed by atoms with E-state index >= 15 is 0 Å². The molecule has 1 fully saturated rings. The molecule has 0 saturated carbocycles. The fourth-order valence-corrected chi connectivity index (χ4v) is 3.45. The Morgan fingerprint density at radius 2 is 1.27 bits per heavy atom. The molecule has 1 nitrogen and oxygen atoms in total. The van der Waals surface area contributed by atoms with Crippen LogP contribution in [0.3, 0.4) is 0 Å². The van der Waals surface area contributed by atoms with Gasteiger partial charge in [-0.05, 0) is 62.2 Å². The van der Waals surface area contributed by atoms with Crippen LogP contribution in [0, 0.1) is 5.92 Å². The van der Waals surface area contributed by atoms with Crippen LogP contribution in [0.5, 0.6) is 0 Å². The molecule has 1 heteroatoms. The molecule has 22 heavy (non-hydrogen) atoms. The lowest BCUT2D eigenvalue weighted by Gasteiger charge is -2.32. The molecule has 0 amide bonds. The van der Waals surface area contributed by atoms with Crippen molar-refractivity contribution in [3.05, 3.63) is 71.8 Å². The summed E-state index contributed by atoms with van der Waals surface area (Å²) in [6.45, 7) is 3.79. The van der Waals surface area contributed by atoms with Gasteiger partial charge in [0.1, 0.15) is 0 Å². The highest BCUT2D eigenvalue weighted by Gasteiger charge is 2.18. The van der Waals surface area contributed by atoms with Gasteiger partial charge in [0.2, 0.25) is 0 Å². The third-order valence-corrected chi connectivity index (χ3v) is 4.95. The van der Waals surface area contributed by atoms with E-state index in [0.717, 1.165) is 5.92 Å². The van der Waals surface area contributed by atoms with E-state index in [-0.39, 0.29) is 0 Å². The SMILES string of the molecule is c1ccc(CCC2CCN(CCc3ccccc3)CC2)cc1. The van der Waals surface area contributed by atoms with Gasteiger partial charge >= 0.3 is 0 Å². The Balaban J connectivity index is 1.35. The van der Waals surface area contributed by atoms with Gasteiger partial charge in [0.05, 0.1) is 0 Å². The molecule has 0 unspecified atom stereocenters. The van der Waals surface area contributed by atoms with Gasteiger partial charge in [-0.1, -0.05) is 60.7 Å². The van der Waals surface area contributed by atoms with Crippen LogP contribution in [0.2, 0.25) is 0 Å². The summed E-state index contributed by atoms with van der Waals surface area (Å²) in [5.41, 5.74) is 2.96. The minimum absolute atomic E-state index is 0.924. The number of nitrogens with zero attached hydrogens (tertiary/aromatic N) is 1. The molecular weight excluding hydrogens is 266 g/mol. The van der Waals surface area contributed by atoms with E-state index in [0.29, 0.717) is 0 Å². The zero-order valence-electron chi connectivity index (χ0n) is 13.5. The van der Waals surface area contributed by atoms with Crippen LogP contribution in [0.4, 0.5) is 0 Å². The monoisotopic (exact) mass is 293 g/mol. The van der Waals surface area contributed by atoms with Crippen molar-refractivity contribution in [3.8, 4) is 0 Å². The Morgan fingerprint density at radius 3 is 1.86 bits per heavy atom.